The molecule has 0 radical (unpaired) electrons. The molecule has 0 aliphatic carbocycles. The highest BCUT2D eigenvalue weighted by atomic mass is 16.5. The molecule has 2 heterocycles. The Morgan fingerprint density at radius 3 is 3.00 bits per heavy atom. The van der Waals surface area contributed by atoms with E-state index >= 15 is 0 Å². The molecular weight excluding hydrogens is 260 g/mol. The summed E-state index contributed by atoms with van der Waals surface area (Å²) in [5.74, 6) is 0.532. The molecule has 1 aliphatic rings. The van der Waals surface area contributed by atoms with Gasteiger partial charge in [-0.2, -0.15) is 0 Å². The fraction of sp³-hybridized carbons (Fsp3) is 0.500. The molecule has 1 aromatic heterocycles. The third-order valence-electron chi connectivity index (χ3n) is 4.31. The second-order valence-corrected chi connectivity index (χ2v) is 5.94. The van der Waals surface area contributed by atoms with Gasteiger partial charge in [0.15, 0.2) is 0 Å². The lowest BCUT2D eigenvalue weighted by molar-refractivity contribution is 0.176. The highest BCUT2D eigenvalue weighted by Gasteiger charge is 2.28. The van der Waals surface area contributed by atoms with E-state index in [0.717, 1.165) is 43.8 Å². The molecule has 1 aliphatic heterocycles. The minimum absolute atomic E-state index is 0.302. The van der Waals surface area contributed by atoms with Crippen molar-refractivity contribution in [2.24, 2.45) is 5.92 Å². The van der Waals surface area contributed by atoms with Crippen LogP contribution in [0, 0.1) is 12.8 Å². The van der Waals surface area contributed by atoms with Gasteiger partial charge in [-0.05, 0) is 44.0 Å². The number of aryl methyl sites for hydroxylation is 1. The largest absolute Gasteiger partial charge is 0.381 e. The number of para-hydroxylation sites is 1. The van der Waals surface area contributed by atoms with Crippen molar-refractivity contribution in [3.63, 3.8) is 0 Å². The van der Waals surface area contributed by atoms with E-state index in [1.165, 1.54) is 10.9 Å². The minimum Gasteiger partial charge on any atom is -0.381 e. The first-order chi connectivity index (χ1) is 10.3. The van der Waals surface area contributed by atoms with Crippen LogP contribution in [-0.4, -0.2) is 24.7 Å². The maximum absolute atomic E-state index is 5.59. The first kappa shape index (κ1) is 14.5. The summed E-state index contributed by atoms with van der Waals surface area (Å²) in [5, 5.41) is 4.93. The van der Waals surface area contributed by atoms with Crippen LogP contribution >= 0.6 is 0 Å². The monoisotopic (exact) mass is 284 g/mol. The number of nitrogens with one attached hydrogen (secondary N) is 1. The lowest BCUT2D eigenvalue weighted by atomic mass is 9.94. The van der Waals surface area contributed by atoms with Crippen molar-refractivity contribution in [2.45, 2.75) is 32.7 Å². The smallest absolute Gasteiger partial charge is 0.0708 e. The fourth-order valence-corrected chi connectivity index (χ4v) is 3.16. The van der Waals surface area contributed by atoms with Crippen molar-refractivity contribution < 1.29 is 4.74 Å². The van der Waals surface area contributed by atoms with Crippen molar-refractivity contribution in [1.29, 1.82) is 0 Å². The van der Waals surface area contributed by atoms with Crippen LogP contribution < -0.4 is 5.32 Å². The molecular formula is C18H24N2O. The summed E-state index contributed by atoms with van der Waals surface area (Å²) in [7, 11) is 0. The molecule has 112 valence electrons. The fourth-order valence-electron chi connectivity index (χ4n) is 3.16. The lowest BCUT2D eigenvalue weighted by Crippen LogP contribution is -2.30. The van der Waals surface area contributed by atoms with E-state index in [0.29, 0.717) is 12.0 Å². The van der Waals surface area contributed by atoms with Gasteiger partial charge in [-0.25, -0.2) is 0 Å². The molecule has 1 N–H and O–H groups in total. The number of hydrogen-bond acceptors (Lipinski definition) is 3. The Kier molecular flexibility index (Phi) is 4.51. The van der Waals surface area contributed by atoms with Crippen molar-refractivity contribution in [2.75, 3.05) is 19.8 Å². The average Bonchev–Trinajstić information content (AvgIpc) is 3.02. The molecule has 3 heteroatoms. The van der Waals surface area contributed by atoms with Crippen LogP contribution in [0.1, 0.15) is 37.1 Å². The average molecular weight is 284 g/mol. The molecule has 1 aromatic carbocycles. The third-order valence-corrected chi connectivity index (χ3v) is 4.31. The van der Waals surface area contributed by atoms with Gasteiger partial charge in [0.2, 0.25) is 0 Å². The van der Waals surface area contributed by atoms with Crippen molar-refractivity contribution in [3.8, 4) is 0 Å². The van der Waals surface area contributed by atoms with Crippen LogP contribution in [0.5, 0.6) is 0 Å². The summed E-state index contributed by atoms with van der Waals surface area (Å²) in [5.41, 5.74) is 3.56. The molecule has 0 spiro atoms. The summed E-state index contributed by atoms with van der Waals surface area (Å²) in [6.45, 7) is 7.12. The molecule has 3 nitrogen and oxygen atoms in total. The van der Waals surface area contributed by atoms with Crippen LogP contribution in [0.4, 0.5) is 0 Å². The van der Waals surface area contributed by atoms with Gasteiger partial charge in [0.25, 0.3) is 0 Å². The Morgan fingerprint density at radius 1 is 1.38 bits per heavy atom. The van der Waals surface area contributed by atoms with Crippen LogP contribution in [0.25, 0.3) is 10.9 Å². The molecule has 2 unspecified atom stereocenters. The number of nitrogens with zero attached hydrogens (tertiary/aromatic N) is 1. The number of aromatic nitrogens is 1. The number of rotatable bonds is 5. The number of benzene rings is 1. The van der Waals surface area contributed by atoms with Gasteiger partial charge in [-0.1, -0.05) is 25.1 Å². The molecule has 1 saturated heterocycles. The highest BCUT2D eigenvalue weighted by Crippen LogP contribution is 2.30. The summed E-state index contributed by atoms with van der Waals surface area (Å²) < 4.78 is 5.59. The Balaban J connectivity index is 1.97. The molecule has 3 rings (SSSR count). The minimum atomic E-state index is 0.302. The predicted molar refractivity (Wildman–Crippen MR) is 86.4 cm³/mol. The molecule has 0 bridgehead atoms. The third kappa shape index (κ3) is 3.09. The molecule has 0 amide bonds. The number of ether oxygens (including phenoxy) is 1. The highest BCUT2D eigenvalue weighted by molar-refractivity contribution is 5.82. The Morgan fingerprint density at radius 2 is 2.24 bits per heavy atom. The lowest BCUT2D eigenvalue weighted by Gasteiger charge is -2.24. The number of fused-ring (bicyclic) bond motifs is 1. The van der Waals surface area contributed by atoms with Gasteiger partial charge in [-0.3, -0.25) is 4.98 Å². The van der Waals surface area contributed by atoms with Gasteiger partial charge in [0.05, 0.1) is 23.9 Å². The van der Waals surface area contributed by atoms with E-state index in [4.69, 9.17) is 9.72 Å². The molecule has 2 atom stereocenters. The standard InChI is InChI=1S/C18H24N2O/c1-3-9-19-18(14-8-10-21-12-14)17-11-13(2)15-6-4-5-7-16(15)20-17/h4-7,11,14,18-19H,3,8-10,12H2,1-2H3. The predicted octanol–water partition coefficient (Wildman–Crippen LogP) is 3.62. The summed E-state index contributed by atoms with van der Waals surface area (Å²) >= 11 is 0. The van der Waals surface area contributed by atoms with Gasteiger partial charge in [-0.15, -0.1) is 0 Å². The first-order valence-corrected chi connectivity index (χ1v) is 7.97. The summed E-state index contributed by atoms with van der Waals surface area (Å²) in [4.78, 5) is 4.92. The summed E-state index contributed by atoms with van der Waals surface area (Å²) in [6, 6.07) is 10.9. The van der Waals surface area contributed by atoms with Gasteiger partial charge >= 0.3 is 0 Å². The molecule has 0 saturated carbocycles. The zero-order valence-electron chi connectivity index (χ0n) is 12.9. The van der Waals surface area contributed by atoms with E-state index in [9.17, 15) is 0 Å². The van der Waals surface area contributed by atoms with Gasteiger partial charge < -0.3 is 10.1 Å². The Bertz CT molecular complexity index is 605. The molecule has 1 fully saturated rings. The Labute approximate surface area is 126 Å². The van der Waals surface area contributed by atoms with Gasteiger partial charge in [0, 0.05) is 17.9 Å². The van der Waals surface area contributed by atoms with E-state index in [2.05, 4.69) is 49.5 Å². The van der Waals surface area contributed by atoms with E-state index < -0.39 is 0 Å². The van der Waals surface area contributed by atoms with E-state index in [1.807, 2.05) is 0 Å². The number of pyridine rings is 1. The summed E-state index contributed by atoms with van der Waals surface area (Å²) in [6.07, 6.45) is 2.26. The topological polar surface area (TPSA) is 34.2 Å². The van der Waals surface area contributed by atoms with Crippen LogP contribution in [0.2, 0.25) is 0 Å². The zero-order chi connectivity index (χ0) is 14.7. The van der Waals surface area contributed by atoms with Crippen molar-refractivity contribution >= 4 is 10.9 Å². The molecule has 2 aromatic rings. The zero-order valence-corrected chi connectivity index (χ0v) is 12.9. The SMILES string of the molecule is CCCNC(c1cc(C)c2ccccc2n1)C1CCOC1. The normalized spacial score (nSPS) is 20.0. The second-order valence-electron chi connectivity index (χ2n) is 5.94. The quantitative estimate of drug-likeness (QED) is 0.910. The first-order valence-electron chi connectivity index (χ1n) is 7.97. The molecule has 21 heavy (non-hydrogen) atoms. The maximum atomic E-state index is 5.59. The maximum Gasteiger partial charge on any atom is 0.0708 e. The van der Waals surface area contributed by atoms with Gasteiger partial charge in [0.1, 0.15) is 0 Å². The van der Waals surface area contributed by atoms with Crippen molar-refractivity contribution in [1.82, 2.24) is 10.3 Å². The second kappa shape index (κ2) is 6.54. The van der Waals surface area contributed by atoms with E-state index in [-0.39, 0.29) is 0 Å². The van der Waals surface area contributed by atoms with Crippen LogP contribution in [-0.2, 0) is 4.74 Å². The van der Waals surface area contributed by atoms with E-state index in [1.54, 1.807) is 0 Å². The van der Waals surface area contributed by atoms with Crippen LogP contribution in [0.3, 0.4) is 0 Å². The van der Waals surface area contributed by atoms with Crippen molar-refractivity contribution in [3.05, 3.63) is 41.6 Å². The number of hydrogen-bond donors (Lipinski definition) is 1. The van der Waals surface area contributed by atoms with Crippen LogP contribution in [0.15, 0.2) is 30.3 Å². The Hall–Kier alpha value is -1.45.